The molecule has 1 aromatic carbocycles. The van der Waals surface area contributed by atoms with Crippen LogP contribution < -0.4 is 11.1 Å². The van der Waals surface area contributed by atoms with Crippen LogP contribution in [0.4, 0.5) is 0 Å². The van der Waals surface area contributed by atoms with Gasteiger partial charge in [-0.3, -0.25) is 4.79 Å². The molecular formula is C16H26N2OS. The second-order valence-corrected chi connectivity index (χ2v) is 7.45. The molecule has 0 saturated carbocycles. The van der Waals surface area contributed by atoms with Crippen molar-refractivity contribution in [2.24, 2.45) is 5.73 Å². The van der Waals surface area contributed by atoms with Crippen LogP contribution in [0.25, 0.3) is 0 Å². The summed E-state index contributed by atoms with van der Waals surface area (Å²) in [7, 11) is 0. The SMILES string of the molecule is Cc1ccc(SC(C)CC(C)(NC(C)C)C(N)=O)cc1. The molecule has 3 N–H and O–H groups in total. The highest BCUT2D eigenvalue weighted by atomic mass is 32.2. The molecule has 3 nitrogen and oxygen atoms in total. The Morgan fingerprint density at radius 1 is 1.30 bits per heavy atom. The van der Waals surface area contributed by atoms with Crippen LogP contribution in [-0.4, -0.2) is 22.7 Å². The smallest absolute Gasteiger partial charge is 0.237 e. The van der Waals surface area contributed by atoms with Gasteiger partial charge in [0.1, 0.15) is 0 Å². The Morgan fingerprint density at radius 2 is 1.85 bits per heavy atom. The van der Waals surface area contributed by atoms with Gasteiger partial charge < -0.3 is 11.1 Å². The Morgan fingerprint density at radius 3 is 2.30 bits per heavy atom. The number of hydrogen-bond donors (Lipinski definition) is 2. The van der Waals surface area contributed by atoms with E-state index in [4.69, 9.17) is 5.73 Å². The third-order valence-electron chi connectivity index (χ3n) is 3.21. The Bertz CT molecular complexity index is 444. The maximum atomic E-state index is 11.7. The van der Waals surface area contributed by atoms with Crippen LogP contribution in [0, 0.1) is 6.92 Å². The minimum atomic E-state index is -0.661. The first-order chi connectivity index (χ1) is 9.23. The van der Waals surface area contributed by atoms with Gasteiger partial charge in [-0.2, -0.15) is 0 Å². The molecule has 4 heteroatoms. The van der Waals surface area contributed by atoms with Crippen molar-refractivity contribution in [2.75, 3.05) is 0 Å². The molecule has 0 spiro atoms. The second-order valence-electron chi connectivity index (χ2n) is 5.94. The molecule has 0 bridgehead atoms. The van der Waals surface area contributed by atoms with Crippen molar-refractivity contribution in [1.29, 1.82) is 0 Å². The number of benzene rings is 1. The maximum absolute atomic E-state index is 11.7. The summed E-state index contributed by atoms with van der Waals surface area (Å²) in [5.41, 5.74) is 6.16. The highest BCUT2D eigenvalue weighted by Crippen LogP contribution is 2.29. The van der Waals surface area contributed by atoms with Gasteiger partial charge in [-0.1, -0.05) is 24.6 Å². The van der Waals surface area contributed by atoms with Gasteiger partial charge in [-0.05, 0) is 46.2 Å². The summed E-state index contributed by atoms with van der Waals surface area (Å²) >= 11 is 1.78. The van der Waals surface area contributed by atoms with E-state index in [2.05, 4.69) is 43.4 Å². The zero-order chi connectivity index (χ0) is 15.3. The molecule has 0 radical (unpaired) electrons. The predicted octanol–water partition coefficient (Wildman–Crippen LogP) is 3.11. The number of rotatable bonds is 7. The minimum absolute atomic E-state index is 0.226. The third-order valence-corrected chi connectivity index (χ3v) is 4.32. The summed E-state index contributed by atoms with van der Waals surface area (Å²) in [4.78, 5) is 13.0. The molecule has 0 heterocycles. The molecule has 0 aliphatic rings. The lowest BCUT2D eigenvalue weighted by molar-refractivity contribution is -0.124. The minimum Gasteiger partial charge on any atom is -0.368 e. The van der Waals surface area contributed by atoms with E-state index < -0.39 is 5.54 Å². The van der Waals surface area contributed by atoms with Crippen LogP contribution >= 0.6 is 11.8 Å². The van der Waals surface area contributed by atoms with Crippen molar-refractivity contribution < 1.29 is 4.79 Å². The monoisotopic (exact) mass is 294 g/mol. The number of aryl methyl sites for hydroxylation is 1. The van der Waals surface area contributed by atoms with Crippen LogP contribution in [0.15, 0.2) is 29.2 Å². The molecule has 20 heavy (non-hydrogen) atoms. The number of amides is 1. The number of hydrogen-bond acceptors (Lipinski definition) is 3. The molecule has 1 amide bonds. The number of thioether (sulfide) groups is 1. The standard InChI is InChI=1S/C16H26N2OS/c1-11(2)18-16(5,15(17)19)10-13(4)20-14-8-6-12(3)7-9-14/h6-9,11,13,18H,10H2,1-5H3,(H2,17,19). The fraction of sp³-hybridized carbons (Fsp3) is 0.562. The van der Waals surface area contributed by atoms with Crippen molar-refractivity contribution in [3.63, 3.8) is 0 Å². The number of carbonyl (C=O) groups is 1. The molecule has 0 aliphatic heterocycles. The van der Waals surface area contributed by atoms with E-state index in [0.29, 0.717) is 11.7 Å². The fourth-order valence-electron chi connectivity index (χ4n) is 2.33. The van der Waals surface area contributed by atoms with Gasteiger partial charge in [0.2, 0.25) is 5.91 Å². The molecule has 0 aliphatic carbocycles. The van der Waals surface area contributed by atoms with Crippen molar-refractivity contribution in [3.8, 4) is 0 Å². The first kappa shape index (κ1) is 17.1. The summed E-state index contributed by atoms with van der Waals surface area (Å²) in [6.07, 6.45) is 0.707. The Balaban J connectivity index is 2.69. The second kappa shape index (κ2) is 7.14. The lowest BCUT2D eigenvalue weighted by Crippen LogP contribution is -2.56. The van der Waals surface area contributed by atoms with Gasteiger partial charge in [-0.15, -0.1) is 11.8 Å². The highest BCUT2D eigenvalue weighted by Gasteiger charge is 2.33. The van der Waals surface area contributed by atoms with E-state index in [-0.39, 0.29) is 11.9 Å². The van der Waals surface area contributed by atoms with Crippen molar-refractivity contribution in [2.45, 2.75) is 62.8 Å². The Labute approximate surface area is 126 Å². The molecule has 1 aromatic rings. The van der Waals surface area contributed by atoms with Gasteiger partial charge in [0, 0.05) is 16.2 Å². The number of nitrogens with one attached hydrogen (secondary N) is 1. The van der Waals surface area contributed by atoms with Crippen molar-refractivity contribution >= 4 is 17.7 Å². The first-order valence-electron chi connectivity index (χ1n) is 7.04. The number of carbonyl (C=O) groups excluding carboxylic acids is 1. The van der Waals surface area contributed by atoms with E-state index in [1.807, 2.05) is 20.8 Å². The largest absolute Gasteiger partial charge is 0.368 e. The lowest BCUT2D eigenvalue weighted by Gasteiger charge is -2.32. The summed E-state index contributed by atoms with van der Waals surface area (Å²) < 4.78 is 0. The third kappa shape index (κ3) is 5.17. The number of primary amides is 1. The van der Waals surface area contributed by atoms with Crippen molar-refractivity contribution in [1.82, 2.24) is 5.32 Å². The van der Waals surface area contributed by atoms with E-state index >= 15 is 0 Å². The zero-order valence-corrected chi connectivity index (χ0v) is 13.9. The summed E-state index contributed by atoms with van der Waals surface area (Å²) in [6.45, 7) is 10.2. The van der Waals surface area contributed by atoms with E-state index in [1.165, 1.54) is 10.5 Å². The summed E-state index contributed by atoms with van der Waals surface area (Å²) in [6, 6.07) is 8.68. The van der Waals surface area contributed by atoms with Gasteiger partial charge >= 0.3 is 0 Å². The van der Waals surface area contributed by atoms with E-state index in [0.717, 1.165) is 0 Å². The molecule has 0 fully saturated rings. The van der Waals surface area contributed by atoms with Crippen LogP contribution in [0.2, 0.25) is 0 Å². The Kier molecular flexibility index (Phi) is 6.08. The van der Waals surface area contributed by atoms with Gasteiger partial charge in [0.25, 0.3) is 0 Å². The first-order valence-corrected chi connectivity index (χ1v) is 7.92. The van der Waals surface area contributed by atoms with Crippen molar-refractivity contribution in [3.05, 3.63) is 29.8 Å². The molecule has 2 unspecified atom stereocenters. The molecule has 1 rings (SSSR count). The van der Waals surface area contributed by atoms with Gasteiger partial charge in [0.05, 0.1) is 5.54 Å². The van der Waals surface area contributed by atoms with E-state index in [1.54, 1.807) is 11.8 Å². The Hall–Kier alpha value is -1.00. The maximum Gasteiger partial charge on any atom is 0.237 e. The topological polar surface area (TPSA) is 55.1 Å². The van der Waals surface area contributed by atoms with Crippen LogP contribution in [0.1, 0.15) is 39.7 Å². The molecule has 112 valence electrons. The average molecular weight is 294 g/mol. The molecule has 0 saturated heterocycles. The predicted molar refractivity (Wildman–Crippen MR) is 87.0 cm³/mol. The fourth-order valence-corrected chi connectivity index (χ4v) is 3.51. The molecular weight excluding hydrogens is 268 g/mol. The average Bonchev–Trinajstić information content (AvgIpc) is 2.30. The lowest BCUT2D eigenvalue weighted by atomic mass is 9.94. The summed E-state index contributed by atoms with van der Waals surface area (Å²) in [5.74, 6) is -0.289. The normalized spacial score (nSPS) is 15.9. The van der Waals surface area contributed by atoms with Crippen LogP contribution in [0.3, 0.4) is 0 Å². The van der Waals surface area contributed by atoms with Crippen LogP contribution in [-0.2, 0) is 4.79 Å². The molecule has 0 aromatic heterocycles. The highest BCUT2D eigenvalue weighted by molar-refractivity contribution is 7.99. The summed E-state index contributed by atoms with van der Waals surface area (Å²) in [5, 5.41) is 3.60. The van der Waals surface area contributed by atoms with Crippen LogP contribution in [0.5, 0.6) is 0 Å². The van der Waals surface area contributed by atoms with Gasteiger partial charge in [0.15, 0.2) is 0 Å². The van der Waals surface area contributed by atoms with E-state index in [9.17, 15) is 4.79 Å². The zero-order valence-electron chi connectivity index (χ0n) is 13.1. The molecule has 2 atom stereocenters. The quantitative estimate of drug-likeness (QED) is 0.760. The number of nitrogens with two attached hydrogens (primary N) is 1. The van der Waals surface area contributed by atoms with Gasteiger partial charge in [-0.25, -0.2) is 0 Å².